The molecule has 0 aliphatic heterocycles. The maximum Gasteiger partial charge on any atom is 0.130 e. The number of benzene rings is 2. The molecule has 1 aromatic heterocycles. The molecule has 104 valence electrons. The lowest BCUT2D eigenvalue weighted by Crippen LogP contribution is -1.90. The van der Waals surface area contributed by atoms with Gasteiger partial charge in [0.1, 0.15) is 11.5 Å². The number of nitrogens with zero attached hydrogens (tertiary/aromatic N) is 1. The molecule has 0 saturated heterocycles. The summed E-state index contributed by atoms with van der Waals surface area (Å²) in [5.41, 5.74) is 2.33. The van der Waals surface area contributed by atoms with Gasteiger partial charge < -0.3 is 4.74 Å². The van der Waals surface area contributed by atoms with Crippen LogP contribution in [-0.2, 0) is 6.42 Å². The monoisotopic (exact) mass is 295 g/mol. The van der Waals surface area contributed by atoms with Crippen LogP contribution in [0.2, 0.25) is 5.02 Å². The van der Waals surface area contributed by atoms with E-state index in [1.165, 1.54) is 5.56 Å². The molecule has 0 bridgehead atoms. The zero-order valence-electron chi connectivity index (χ0n) is 11.4. The highest BCUT2D eigenvalue weighted by Gasteiger charge is 2.02. The van der Waals surface area contributed by atoms with Crippen LogP contribution in [0.25, 0.3) is 0 Å². The molecule has 0 atom stereocenters. The fraction of sp³-hybridized carbons (Fsp3) is 0.0556. The maximum absolute atomic E-state index is 6.18. The lowest BCUT2D eigenvalue weighted by Gasteiger charge is -2.07. The first-order valence-corrected chi connectivity index (χ1v) is 7.09. The van der Waals surface area contributed by atoms with Crippen LogP contribution in [0.4, 0.5) is 0 Å². The van der Waals surface area contributed by atoms with Gasteiger partial charge in [-0.25, -0.2) is 0 Å². The Bertz CT molecular complexity index is 711. The Hall–Kier alpha value is -2.32. The number of ether oxygens (including phenoxy) is 1. The molecule has 0 amide bonds. The molecule has 2 aromatic carbocycles. The second kappa shape index (κ2) is 6.42. The van der Waals surface area contributed by atoms with E-state index >= 15 is 0 Å². The summed E-state index contributed by atoms with van der Waals surface area (Å²) in [6.45, 7) is 0. The predicted molar refractivity (Wildman–Crippen MR) is 85.0 cm³/mol. The quantitative estimate of drug-likeness (QED) is 0.666. The van der Waals surface area contributed by atoms with Crippen molar-refractivity contribution in [2.45, 2.75) is 6.42 Å². The fourth-order valence-corrected chi connectivity index (χ4v) is 2.28. The van der Waals surface area contributed by atoms with Crippen LogP contribution in [0.15, 0.2) is 73.1 Å². The van der Waals surface area contributed by atoms with E-state index in [0.29, 0.717) is 0 Å². The van der Waals surface area contributed by atoms with Gasteiger partial charge in [0.05, 0.1) is 0 Å². The molecule has 3 aromatic rings. The first-order valence-electron chi connectivity index (χ1n) is 6.71. The summed E-state index contributed by atoms with van der Waals surface area (Å²) >= 11 is 6.18. The third-order valence-corrected chi connectivity index (χ3v) is 3.53. The molecule has 1 heterocycles. The Morgan fingerprint density at radius 3 is 2.19 bits per heavy atom. The number of aromatic nitrogens is 1. The molecule has 0 spiro atoms. The minimum absolute atomic E-state index is 0.781. The van der Waals surface area contributed by atoms with Crippen molar-refractivity contribution in [1.82, 2.24) is 4.98 Å². The van der Waals surface area contributed by atoms with Crippen molar-refractivity contribution in [3.05, 3.63) is 89.2 Å². The van der Waals surface area contributed by atoms with E-state index in [4.69, 9.17) is 16.3 Å². The van der Waals surface area contributed by atoms with Crippen LogP contribution in [0, 0.1) is 0 Å². The first kappa shape index (κ1) is 13.7. The SMILES string of the molecule is Clc1ccccc1Cc1ccc(Oc2ccncc2)cc1. The van der Waals surface area contributed by atoms with Crippen molar-refractivity contribution in [1.29, 1.82) is 0 Å². The van der Waals surface area contributed by atoms with Gasteiger partial charge in [-0.15, -0.1) is 0 Å². The van der Waals surface area contributed by atoms with Crippen molar-refractivity contribution in [2.24, 2.45) is 0 Å². The summed E-state index contributed by atoms with van der Waals surface area (Å²) in [5, 5.41) is 0.801. The Kier molecular flexibility index (Phi) is 4.17. The van der Waals surface area contributed by atoms with Gasteiger partial charge in [-0.2, -0.15) is 0 Å². The molecule has 0 N–H and O–H groups in total. The number of hydrogen-bond acceptors (Lipinski definition) is 2. The lowest BCUT2D eigenvalue weighted by molar-refractivity contribution is 0.482. The van der Waals surface area contributed by atoms with Crippen LogP contribution < -0.4 is 4.74 Å². The number of halogens is 1. The molecular weight excluding hydrogens is 282 g/mol. The molecule has 0 aliphatic rings. The number of rotatable bonds is 4. The molecule has 3 rings (SSSR count). The normalized spacial score (nSPS) is 10.3. The molecule has 0 fully saturated rings. The minimum atomic E-state index is 0.781. The largest absolute Gasteiger partial charge is 0.457 e. The highest BCUT2D eigenvalue weighted by atomic mass is 35.5. The third-order valence-electron chi connectivity index (χ3n) is 3.16. The summed E-state index contributed by atoms with van der Waals surface area (Å²) in [4.78, 5) is 3.96. The number of hydrogen-bond donors (Lipinski definition) is 0. The summed E-state index contributed by atoms with van der Waals surface area (Å²) in [6.07, 6.45) is 4.23. The zero-order valence-corrected chi connectivity index (χ0v) is 12.1. The summed E-state index contributed by atoms with van der Waals surface area (Å²) < 4.78 is 5.74. The molecule has 0 aliphatic carbocycles. The Morgan fingerprint density at radius 1 is 0.810 bits per heavy atom. The van der Waals surface area contributed by atoms with E-state index in [1.54, 1.807) is 12.4 Å². The van der Waals surface area contributed by atoms with E-state index in [1.807, 2.05) is 48.5 Å². The van der Waals surface area contributed by atoms with Gasteiger partial charge in [0.25, 0.3) is 0 Å². The van der Waals surface area contributed by atoms with Crippen LogP contribution in [-0.4, -0.2) is 4.98 Å². The van der Waals surface area contributed by atoms with Crippen molar-refractivity contribution in [3.63, 3.8) is 0 Å². The summed E-state index contributed by atoms with van der Waals surface area (Å²) in [5.74, 6) is 1.59. The summed E-state index contributed by atoms with van der Waals surface area (Å²) in [7, 11) is 0. The topological polar surface area (TPSA) is 22.1 Å². The van der Waals surface area contributed by atoms with E-state index in [-0.39, 0.29) is 0 Å². The molecule has 0 saturated carbocycles. The van der Waals surface area contributed by atoms with Crippen LogP contribution in [0.1, 0.15) is 11.1 Å². The molecule has 0 unspecified atom stereocenters. The van der Waals surface area contributed by atoms with Gasteiger partial charge in [-0.05, 0) is 47.9 Å². The van der Waals surface area contributed by atoms with Gasteiger partial charge in [-0.1, -0.05) is 41.9 Å². The molecule has 3 heteroatoms. The van der Waals surface area contributed by atoms with Gasteiger partial charge in [0.2, 0.25) is 0 Å². The minimum Gasteiger partial charge on any atom is -0.457 e. The van der Waals surface area contributed by atoms with E-state index in [0.717, 1.165) is 28.5 Å². The molecule has 2 nitrogen and oxygen atoms in total. The van der Waals surface area contributed by atoms with Gasteiger partial charge >= 0.3 is 0 Å². The van der Waals surface area contributed by atoms with E-state index in [9.17, 15) is 0 Å². The van der Waals surface area contributed by atoms with Gasteiger partial charge in [0.15, 0.2) is 0 Å². The maximum atomic E-state index is 6.18. The molecule has 21 heavy (non-hydrogen) atoms. The Labute approximate surface area is 129 Å². The smallest absolute Gasteiger partial charge is 0.130 e. The van der Waals surface area contributed by atoms with Gasteiger partial charge in [-0.3, -0.25) is 4.98 Å². The van der Waals surface area contributed by atoms with Crippen molar-refractivity contribution in [2.75, 3.05) is 0 Å². The van der Waals surface area contributed by atoms with Crippen LogP contribution in [0.3, 0.4) is 0 Å². The first-order chi connectivity index (χ1) is 10.3. The predicted octanol–water partition coefficient (Wildman–Crippen LogP) is 5.12. The molecular formula is C18H14ClNO. The highest BCUT2D eigenvalue weighted by molar-refractivity contribution is 6.31. The number of pyridine rings is 1. The van der Waals surface area contributed by atoms with Gasteiger partial charge in [0, 0.05) is 17.4 Å². The summed E-state index contributed by atoms with van der Waals surface area (Å²) in [6, 6.07) is 19.6. The van der Waals surface area contributed by atoms with E-state index < -0.39 is 0 Å². The highest BCUT2D eigenvalue weighted by Crippen LogP contribution is 2.23. The van der Waals surface area contributed by atoms with E-state index in [2.05, 4.69) is 17.1 Å². The Morgan fingerprint density at radius 2 is 1.48 bits per heavy atom. The standard InChI is InChI=1S/C18H14ClNO/c19-18-4-2-1-3-15(18)13-14-5-7-16(8-6-14)21-17-9-11-20-12-10-17/h1-12H,13H2. The second-order valence-corrected chi connectivity index (χ2v) is 5.10. The van der Waals surface area contributed by atoms with Crippen LogP contribution >= 0.6 is 11.6 Å². The zero-order chi connectivity index (χ0) is 14.5. The Balaban J connectivity index is 1.71. The second-order valence-electron chi connectivity index (χ2n) is 4.70. The third kappa shape index (κ3) is 3.61. The van der Waals surface area contributed by atoms with Crippen LogP contribution in [0.5, 0.6) is 11.5 Å². The average molecular weight is 296 g/mol. The van der Waals surface area contributed by atoms with Crippen molar-refractivity contribution < 1.29 is 4.74 Å². The average Bonchev–Trinajstić information content (AvgIpc) is 2.52. The molecule has 0 radical (unpaired) electrons. The van der Waals surface area contributed by atoms with Crippen molar-refractivity contribution >= 4 is 11.6 Å². The van der Waals surface area contributed by atoms with Crippen molar-refractivity contribution in [3.8, 4) is 11.5 Å². The fourth-order valence-electron chi connectivity index (χ4n) is 2.08. The lowest BCUT2D eigenvalue weighted by atomic mass is 10.1.